The van der Waals surface area contributed by atoms with Crippen LogP contribution in [0.1, 0.15) is 25.3 Å². The van der Waals surface area contributed by atoms with Gasteiger partial charge in [-0.05, 0) is 24.1 Å². The minimum atomic E-state index is -0.526. The van der Waals surface area contributed by atoms with Gasteiger partial charge >= 0.3 is 0 Å². The first-order valence-corrected chi connectivity index (χ1v) is 6.34. The Bertz CT molecular complexity index is 423. The SMILES string of the molecule is CCCC(O)CNC(=O)Cc1ccc(OC)c(F)c1. The summed E-state index contributed by atoms with van der Waals surface area (Å²) < 4.78 is 18.2. The quantitative estimate of drug-likeness (QED) is 0.791. The summed E-state index contributed by atoms with van der Waals surface area (Å²) in [6.45, 7) is 2.19. The molecule has 1 atom stereocenters. The fourth-order valence-electron chi connectivity index (χ4n) is 1.73. The van der Waals surface area contributed by atoms with Gasteiger partial charge in [0.1, 0.15) is 0 Å². The highest BCUT2D eigenvalue weighted by molar-refractivity contribution is 5.78. The van der Waals surface area contributed by atoms with Gasteiger partial charge in [0, 0.05) is 6.54 Å². The van der Waals surface area contributed by atoms with Crippen molar-refractivity contribution >= 4 is 5.91 Å². The van der Waals surface area contributed by atoms with Crippen molar-refractivity contribution < 1.29 is 19.0 Å². The topological polar surface area (TPSA) is 58.6 Å². The highest BCUT2D eigenvalue weighted by Gasteiger charge is 2.09. The number of rotatable bonds is 7. The van der Waals surface area contributed by atoms with Crippen molar-refractivity contribution in [3.8, 4) is 5.75 Å². The zero-order chi connectivity index (χ0) is 14.3. The zero-order valence-electron chi connectivity index (χ0n) is 11.3. The normalized spacial score (nSPS) is 12.0. The maximum absolute atomic E-state index is 13.4. The lowest BCUT2D eigenvalue weighted by Gasteiger charge is -2.11. The van der Waals surface area contributed by atoms with E-state index in [0.717, 1.165) is 6.42 Å². The van der Waals surface area contributed by atoms with Gasteiger partial charge < -0.3 is 15.2 Å². The zero-order valence-corrected chi connectivity index (χ0v) is 11.3. The van der Waals surface area contributed by atoms with E-state index in [0.29, 0.717) is 12.0 Å². The Morgan fingerprint density at radius 2 is 2.26 bits per heavy atom. The summed E-state index contributed by atoms with van der Waals surface area (Å²) in [5.41, 5.74) is 0.570. The van der Waals surface area contributed by atoms with Crippen LogP contribution in [0, 0.1) is 5.82 Å². The molecule has 0 bridgehead atoms. The molecule has 0 aromatic heterocycles. The molecule has 1 unspecified atom stereocenters. The molecule has 1 rings (SSSR count). The summed E-state index contributed by atoms with van der Waals surface area (Å²) in [5.74, 6) is -0.568. The third-order valence-electron chi connectivity index (χ3n) is 2.74. The van der Waals surface area contributed by atoms with Crippen LogP contribution >= 0.6 is 0 Å². The summed E-state index contributed by atoms with van der Waals surface area (Å²) in [6.07, 6.45) is 1.07. The summed E-state index contributed by atoms with van der Waals surface area (Å²) in [7, 11) is 1.39. The number of aliphatic hydroxyl groups is 1. The molecular weight excluding hydrogens is 249 g/mol. The number of aliphatic hydroxyl groups excluding tert-OH is 1. The molecule has 1 amide bonds. The Morgan fingerprint density at radius 3 is 2.84 bits per heavy atom. The monoisotopic (exact) mass is 269 g/mol. The van der Waals surface area contributed by atoms with E-state index in [2.05, 4.69) is 5.32 Å². The second-order valence-corrected chi connectivity index (χ2v) is 4.39. The molecule has 0 heterocycles. The van der Waals surface area contributed by atoms with Crippen LogP contribution in [0.15, 0.2) is 18.2 Å². The molecule has 1 aromatic carbocycles. The van der Waals surface area contributed by atoms with Gasteiger partial charge in [-0.3, -0.25) is 4.79 Å². The van der Waals surface area contributed by atoms with Gasteiger partial charge in [0.05, 0.1) is 19.6 Å². The third-order valence-corrected chi connectivity index (χ3v) is 2.74. The van der Waals surface area contributed by atoms with E-state index in [1.807, 2.05) is 6.92 Å². The molecular formula is C14H20FNO3. The average molecular weight is 269 g/mol. The lowest BCUT2D eigenvalue weighted by Crippen LogP contribution is -2.33. The largest absolute Gasteiger partial charge is 0.494 e. The minimum Gasteiger partial charge on any atom is -0.494 e. The molecule has 0 fully saturated rings. The van der Waals surface area contributed by atoms with Crippen molar-refractivity contribution in [2.24, 2.45) is 0 Å². The number of carbonyl (C=O) groups is 1. The van der Waals surface area contributed by atoms with Crippen LogP contribution in [0.25, 0.3) is 0 Å². The van der Waals surface area contributed by atoms with Crippen LogP contribution in [0.5, 0.6) is 5.75 Å². The van der Waals surface area contributed by atoms with Gasteiger partial charge in [0.2, 0.25) is 5.91 Å². The van der Waals surface area contributed by atoms with Crippen LogP contribution < -0.4 is 10.1 Å². The van der Waals surface area contributed by atoms with E-state index in [9.17, 15) is 14.3 Å². The number of methoxy groups -OCH3 is 1. The average Bonchev–Trinajstić information content (AvgIpc) is 2.37. The molecule has 0 aliphatic heterocycles. The van der Waals surface area contributed by atoms with Crippen molar-refractivity contribution in [3.63, 3.8) is 0 Å². The Morgan fingerprint density at radius 1 is 1.53 bits per heavy atom. The molecule has 4 nitrogen and oxygen atoms in total. The fourth-order valence-corrected chi connectivity index (χ4v) is 1.73. The van der Waals surface area contributed by atoms with Crippen LogP contribution in [0.2, 0.25) is 0 Å². The number of ether oxygens (including phenoxy) is 1. The van der Waals surface area contributed by atoms with Gasteiger partial charge in [-0.1, -0.05) is 19.4 Å². The number of hydrogen-bond acceptors (Lipinski definition) is 3. The highest BCUT2D eigenvalue weighted by Crippen LogP contribution is 2.17. The van der Waals surface area contributed by atoms with E-state index < -0.39 is 11.9 Å². The van der Waals surface area contributed by atoms with E-state index >= 15 is 0 Å². The fraction of sp³-hybridized carbons (Fsp3) is 0.500. The van der Waals surface area contributed by atoms with Crippen molar-refractivity contribution in [1.29, 1.82) is 0 Å². The van der Waals surface area contributed by atoms with Gasteiger partial charge in [0.15, 0.2) is 11.6 Å². The van der Waals surface area contributed by atoms with E-state index in [1.54, 1.807) is 6.07 Å². The maximum atomic E-state index is 13.4. The first-order chi connectivity index (χ1) is 9.06. The number of benzene rings is 1. The maximum Gasteiger partial charge on any atom is 0.224 e. The van der Waals surface area contributed by atoms with Crippen LogP contribution in [0.3, 0.4) is 0 Å². The number of halogens is 1. The van der Waals surface area contributed by atoms with Crippen molar-refractivity contribution in [1.82, 2.24) is 5.32 Å². The van der Waals surface area contributed by atoms with Crippen LogP contribution in [-0.4, -0.2) is 30.8 Å². The molecule has 19 heavy (non-hydrogen) atoms. The van der Waals surface area contributed by atoms with E-state index in [4.69, 9.17) is 4.74 Å². The summed E-state index contributed by atoms with van der Waals surface area (Å²) in [5, 5.41) is 12.1. The minimum absolute atomic E-state index is 0.0831. The van der Waals surface area contributed by atoms with Crippen LogP contribution in [-0.2, 0) is 11.2 Å². The Balaban J connectivity index is 2.46. The van der Waals surface area contributed by atoms with Gasteiger partial charge in [-0.25, -0.2) is 4.39 Å². The molecule has 0 aliphatic rings. The van der Waals surface area contributed by atoms with E-state index in [-0.39, 0.29) is 24.6 Å². The van der Waals surface area contributed by atoms with Crippen molar-refractivity contribution in [3.05, 3.63) is 29.6 Å². The molecule has 0 saturated heterocycles. The predicted octanol–water partition coefficient (Wildman–Crippen LogP) is 1.65. The van der Waals surface area contributed by atoms with Gasteiger partial charge in [-0.15, -0.1) is 0 Å². The summed E-state index contributed by atoms with van der Waals surface area (Å²) in [6, 6.07) is 4.41. The molecule has 0 radical (unpaired) electrons. The predicted molar refractivity (Wildman–Crippen MR) is 70.6 cm³/mol. The highest BCUT2D eigenvalue weighted by atomic mass is 19.1. The number of amides is 1. The number of nitrogens with one attached hydrogen (secondary N) is 1. The molecule has 106 valence electrons. The molecule has 0 saturated carbocycles. The Kier molecular flexibility index (Phi) is 6.29. The Labute approximate surface area is 112 Å². The Hall–Kier alpha value is -1.62. The first-order valence-electron chi connectivity index (χ1n) is 6.34. The van der Waals surface area contributed by atoms with E-state index in [1.165, 1.54) is 19.2 Å². The smallest absolute Gasteiger partial charge is 0.224 e. The van der Waals surface area contributed by atoms with Crippen molar-refractivity contribution in [2.45, 2.75) is 32.3 Å². The molecule has 0 spiro atoms. The van der Waals surface area contributed by atoms with Gasteiger partial charge in [-0.2, -0.15) is 0 Å². The number of hydrogen-bond donors (Lipinski definition) is 2. The lowest BCUT2D eigenvalue weighted by molar-refractivity contribution is -0.120. The van der Waals surface area contributed by atoms with Gasteiger partial charge in [0.25, 0.3) is 0 Å². The molecule has 2 N–H and O–H groups in total. The lowest BCUT2D eigenvalue weighted by atomic mass is 10.1. The molecule has 5 heteroatoms. The standard InChI is InChI=1S/C14H20FNO3/c1-3-4-11(17)9-16-14(18)8-10-5-6-13(19-2)12(15)7-10/h5-7,11,17H,3-4,8-9H2,1-2H3,(H,16,18). The number of carbonyl (C=O) groups excluding carboxylic acids is 1. The third kappa shape index (κ3) is 5.26. The van der Waals surface area contributed by atoms with Crippen LogP contribution in [0.4, 0.5) is 4.39 Å². The summed E-state index contributed by atoms with van der Waals surface area (Å²) in [4.78, 5) is 11.6. The molecule has 1 aromatic rings. The van der Waals surface area contributed by atoms with Crippen molar-refractivity contribution in [2.75, 3.05) is 13.7 Å². The summed E-state index contributed by atoms with van der Waals surface area (Å²) >= 11 is 0. The molecule has 0 aliphatic carbocycles. The second-order valence-electron chi connectivity index (χ2n) is 4.39. The first kappa shape index (κ1) is 15.4. The second kappa shape index (κ2) is 7.74.